The molecule has 0 spiro atoms. The summed E-state index contributed by atoms with van der Waals surface area (Å²) in [6.07, 6.45) is 2.91. The van der Waals surface area contributed by atoms with Crippen LogP contribution in [0.5, 0.6) is 0 Å². The van der Waals surface area contributed by atoms with E-state index in [1.54, 1.807) is 6.82 Å². The first kappa shape index (κ1) is 16.2. The first-order valence-corrected chi connectivity index (χ1v) is 7.03. The van der Waals surface area contributed by atoms with E-state index >= 15 is 0 Å². The van der Waals surface area contributed by atoms with Crippen LogP contribution in [0.25, 0.3) is 0 Å². The van der Waals surface area contributed by atoms with Crippen LogP contribution < -0.4 is 5.23 Å². The van der Waals surface area contributed by atoms with Gasteiger partial charge in [0.1, 0.15) is 0 Å². The Kier molecular flexibility index (Phi) is 6.56. The predicted molar refractivity (Wildman–Crippen MR) is 81.2 cm³/mol. The Hall–Kier alpha value is -0.835. The summed E-state index contributed by atoms with van der Waals surface area (Å²) in [6, 6.07) is 8.56. The second kappa shape index (κ2) is 7.68. The molecule has 0 bridgehead atoms. The quantitative estimate of drug-likeness (QED) is 0.496. The molecule has 3 nitrogen and oxygen atoms in total. The van der Waals surface area contributed by atoms with Gasteiger partial charge in [0.05, 0.1) is 0 Å². The normalized spacial score (nSPS) is 11.6. The van der Waals surface area contributed by atoms with Gasteiger partial charge >= 0.3 is 7.05 Å². The van der Waals surface area contributed by atoms with Crippen molar-refractivity contribution in [3.05, 3.63) is 35.4 Å². The Morgan fingerprint density at radius 2 is 1.95 bits per heavy atom. The smallest absolute Gasteiger partial charge is 0.373 e. The van der Waals surface area contributed by atoms with Crippen molar-refractivity contribution in [1.82, 2.24) is 5.23 Å². The van der Waals surface area contributed by atoms with Gasteiger partial charge in [0.15, 0.2) is 0 Å². The average Bonchev–Trinajstić information content (AvgIpc) is 2.34. The molecule has 4 heteroatoms. The van der Waals surface area contributed by atoms with Crippen molar-refractivity contribution in [1.29, 1.82) is 0 Å². The monoisotopic (exact) mass is 263 g/mol. The van der Waals surface area contributed by atoms with Gasteiger partial charge in [-0.25, -0.2) is 0 Å². The molecule has 0 aromatic heterocycles. The third-order valence-corrected chi connectivity index (χ3v) is 3.18. The predicted octanol–water partition coefficient (Wildman–Crippen LogP) is 1.88. The van der Waals surface area contributed by atoms with E-state index in [9.17, 15) is 5.11 Å². The van der Waals surface area contributed by atoms with Crippen LogP contribution in [0.1, 0.15) is 31.4 Å². The molecule has 0 saturated carbocycles. The van der Waals surface area contributed by atoms with Gasteiger partial charge in [0.25, 0.3) is 0 Å². The van der Waals surface area contributed by atoms with Gasteiger partial charge in [-0.2, -0.15) is 0 Å². The zero-order valence-corrected chi connectivity index (χ0v) is 12.3. The summed E-state index contributed by atoms with van der Waals surface area (Å²) in [4.78, 5) is 0. The minimum absolute atomic E-state index is 0.0630. The van der Waals surface area contributed by atoms with E-state index in [4.69, 9.17) is 5.02 Å². The van der Waals surface area contributed by atoms with E-state index < -0.39 is 7.05 Å². The molecule has 0 unspecified atom stereocenters. The Labute approximate surface area is 117 Å². The molecule has 0 amide bonds. The number of benzene rings is 1. The first-order valence-electron chi connectivity index (χ1n) is 7.03. The fourth-order valence-electron chi connectivity index (χ4n) is 2.11. The van der Waals surface area contributed by atoms with Gasteiger partial charge in [-0.15, -0.1) is 0 Å². The molecule has 1 rings (SSSR count). The summed E-state index contributed by atoms with van der Waals surface area (Å²) in [6.45, 7) is 6.91. The number of aliphatic hydroxyl groups is 1. The molecule has 0 radical (unpaired) electrons. The van der Waals surface area contributed by atoms with Crippen molar-refractivity contribution in [3.8, 4) is 0 Å². The Bertz CT molecular complexity index is 380. The summed E-state index contributed by atoms with van der Waals surface area (Å²) in [5.74, 6) is 0. The third kappa shape index (κ3) is 6.76. The van der Waals surface area contributed by atoms with Crippen LogP contribution in [0.4, 0.5) is 0 Å². The minimum atomic E-state index is -0.434. The van der Waals surface area contributed by atoms with Crippen molar-refractivity contribution in [2.24, 2.45) is 5.41 Å². The van der Waals surface area contributed by atoms with Gasteiger partial charge in [0, 0.05) is 6.61 Å². The SMILES string of the molecule is CB(O)NCCCc1cccc(CC(C)(C)CO)c1. The highest BCUT2D eigenvalue weighted by molar-refractivity contribution is 6.45. The van der Waals surface area contributed by atoms with E-state index in [1.807, 2.05) is 0 Å². The third-order valence-electron chi connectivity index (χ3n) is 3.18. The molecule has 0 aliphatic carbocycles. The lowest BCUT2D eigenvalue weighted by atomic mass is 9.86. The lowest BCUT2D eigenvalue weighted by Crippen LogP contribution is -2.31. The zero-order valence-electron chi connectivity index (χ0n) is 12.3. The molecular formula is C15H26BNO2. The average molecular weight is 263 g/mol. The van der Waals surface area contributed by atoms with Crippen molar-refractivity contribution in [3.63, 3.8) is 0 Å². The van der Waals surface area contributed by atoms with Crippen LogP contribution in [0.2, 0.25) is 6.82 Å². The zero-order chi connectivity index (χ0) is 14.3. The largest absolute Gasteiger partial charge is 0.437 e. The molecule has 0 aliphatic heterocycles. The second-order valence-electron chi connectivity index (χ2n) is 6.05. The second-order valence-corrected chi connectivity index (χ2v) is 6.05. The number of aliphatic hydroxyl groups excluding tert-OH is 1. The highest BCUT2D eigenvalue weighted by atomic mass is 16.3. The van der Waals surface area contributed by atoms with Crippen LogP contribution in [0.3, 0.4) is 0 Å². The summed E-state index contributed by atoms with van der Waals surface area (Å²) >= 11 is 0. The van der Waals surface area contributed by atoms with Gasteiger partial charge in [0.2, 0.25) is 0 Å². The summed E-state index contributed by atoms with van der Waals surface area (Å²) < 4.78 is 0. The standard InChI is InChI=1S/C15H26BNO2/c1-15(2,12-18)11-14-7-4-6-13(10-14)8-5-9-17-16(3)19/h4,6-7,10,17-19H,5,8-9,11-12H2,1-3H3. The first-order chi connectivity index (χ1) is 8.93. The van der Waals surface area contributed by atoms with Crippen molar-refractivity contribution >= 4 is 7.05 Å². The van der Waals surface area contributed by atoms with Gasteiger partial charge in [-0.1, -0.05) is 38.1 Å². The fraction of sp³-hybridized carbons (Fsp3) is 0.600. The molecule has 19 heavy (non-hydrogen) atoms. The Morgan fingerprint density at radius 3 is 2.58 bits per heavy atom. The molecule has 1 aromatic rings. The van der Waals surface area contributed by atoms with Crippen LogP contribution >= 0.6 is 0 Å². The fourth-order valence-corrected chi connectivity index (χ4v) is 2.11. The van der Waals surface area contributed by atoms with Gasteiger partial charge in [-0.3, -0.25) is 0 Å². The Balaban J connectivity index is 2.48. The maximum atomic E-state index is 9.32. The summed E-state index contributed by atoms with van der Waals surface area (Å²) in [5.41, 5.74) is 2.53. The minimum Gasteiger partial charge on any atom is -0.437 e. The molecular weight excluding hydrogens is 237 g/mol. The molecule has 0 heterocycles. The summed E-state index contributed by atoms with van der Waals surface area (Å²) in [7, 11) is -0.434. The number of hydrogen-bond acceptors (Lipinski definition) is 3. The van der Waals surface area contributed by atoms with Crippen molar-refractivity contribution in [2.75, 3.05) is 13.2 Å². The maximum Gasteiger partial charge on any atom is 0.373 e. The van der Waals surface area contributed by atoms with Crippen LogP contribution in [-0.2, 0) is 12.8 Å². The highest BCUT2D eigenvalue weighted by Gasteiger charge is 2.17. The molecule has 0 atom stereocenters. The van der Waals surface area contributed by atoms with Gasteiger partial charge < -0.3 is 15.4 Å². The van der Waals surface area contributed by atoms with E-state index in [0.717, 1.165) is 25.8 Å². The number of aryl methyl sites for hydroxylation is 1. The van der Waals surface area contributed by atoms with E-state index in [-0.39, 0.29) is 12.0 Å². The van der Waals surface area contributed by atoms with Crippen LogP contribution in [0.15, 0.2) is 24.3 Å². The topological polar surface area (TPSA) is 52.5 Å². The number of rotatable bonds is 8. The van der Waals surface area contributed by atoms with Crippen molar-refractivity contribution in [2.45, 2.75) is 39.9 Å². The molecule has 0 fully saturated rings. The number of nitrogens with one attached hydrogen (secondary N) is 1. The van der Waals surface area contributed by atoms with Crippen LogP contribution in [-0.4, -0.2) is 30.3 Å². The van der Waals surface area contributed by atoms with E-state index in [1.165, 1.54) is 11.1 Å². The van der Waals surface area contributed by atoms with E-state index in [2.05, 4.69) is 43.3 Å². The Morgan fingerprint density at radius 1 is 1.26 bits per heavy atom. The number of hydrogen-bond donors (Lipinski definition) is 3. The molecule has 3 N–H and O–H groups in total. The highest BCUT2D eigenvalue weighted by Crippen LogP contribution is 2.21. The maximum absolute atomic E-state index is 9.32. The molecule has 106 valence electrons. The summed E-state index contributed by atoms with van der Waals surface area (Å²) in [5, 5.41) is 21.4. The lowest BCUT2D eigenvalue weighted by molar-refractivity contribution is 0.159. The van der Waals surface area contributed by atoms with E-state index in [0.29, 0.717) is 0 Å². The molecule has 0 saturated heterocycles. The van der Waals surface area contributed by atoms with Gasteiger partial charge in [-0.05, 0) is 49.2 Å². The van der Waals surface area contributed by atoms with Crippen molar-refractivity contribution < 1.29 is 10.1 Å². The lowest BCUT2D eigenvalue weighted by Gasteiger charge is -2.21. The van der Waals surface area contributed by atoms with Crippen LogP contribution in [0, 0.1) is 5.41 Å². The molecule has 1 aromatic carbocycles. The molecule has 0 aliphatic rings.